The Hall–Kier alpha value is -2.47. The number of benzene rings is 3. The van der Waals surface area contributed by atoms with E-state index in [9.17, 15) is 4.79 Å². The van der Waals surface area contributed by atoms with E-state index < -0.39 is 0 Å². The molecule has 0 spiro atoms. The van der Waals surface area contributed by atoms with Gasteiger partial charge in [-0.1, -0.05) is 59.6 Å². The number of amides is 1. The molecule has 30 heavy (non-hydrogen) atoms. The highest BCUT2D eigenvalue weighted by molar-refractivity contribution is 7.99. The molecular formula is C23H20Cl2N2O2S. The molecular weight excluding hydrogens is 439 g/mol. The molecule has 0 unspecified atom stereocenters. The molecule has 1 amide bonds. The van der Waals surface area contributed by atoms with Crippen LogP contribution in [0.4, 0.5) is 0 Å². The third-order valence-corrected chi connectivity index (χ3v) is 5.74. The number of nitrogens with zero attached hydrogens (tertiary/aromatic N) is 1. The third kappa shape index (κ3) is 7.10. The van der Waals surface area contributed by atoms with Crippen molar-refractivity contribution in [3.05, 3.63) is 99.5 Å². The van der Waals surface area contributed by atoms with E-state index in [1.54, 1.807) is 24.4 Å². The lowest BCUT2D eigenvalue weighted by Gasteiger charge is -2.06. The van der Waals surface area contributed by atoms with Gasteiger partial charge in [0.2, 0.25) is 5.91 Å². The molecule has 0 saturated carbocycles. The molecule has 1 N–H and O–H groups in total. The summed E-state index contributed by atoms with van der Waals surface area (Å²) in [6, 6.07) is 22.8. The van der Waals surface area contributed by atoms with E-state index in [1.165, 1.54) is 11.8 Å². The van der Waals surface area contributed by atoms with Crippen molar-refractivity contribution in [2.45, 2.75) is 12.4 Å². The van der Waals surface area contributed by atoms with E-state index in [-0.39, 0.29) is 11.7 Å². The number of halogens is 2. The molecule has 0 atom stereocenters. The number of hydrazone groups is 1. The Labute approximate surface area is 190 Å². The molecule has 0 fully saturated rings. The predicted molar refractivity (Wildman–Crippen MR) is 126 cm³/mol. The van der Waals surface area contributed by atoms with E-state index in [0.717, 1.165) is 22.4 Å². The lowest BCUT2D eigenvalue weighted by molar-refractivity contribution is -0.118. The van der Waals surface area contributed by atoms with E-state index in [4.69, 9.17) is 27.9 Å². The Morgan fingerprint density at radius 3 is 2.37 bits per heavy atom. The molecule has 0 bridgehead atoms. The van der Waals surface area contributed by atoms with Gasteiger partial charge in [-0.05, 0) is 53.1 Å². The first-order valence-electron chi connectivity index (χ1n) is 9.21. The number of hydrogen-bond donors (Lipinski definition) is 1. The maximum Gasteiger partial charge on any atom is 0.250 e. The Kier molecular flexibility index (Phi) is 8.63. The number of carbonyl (C=O) groups excluding carboxylic acids is 1. The molecule has 0 radical (unpaired) electrons. The van der Waals surface area contributed by atoms with Crippen molar-refractivity contribution >= 4 is 47.1 Å². The molecule has 154 valence electrons. The van der Waals surface area contributed by atoms with Crippen LogP contribution < -0.4 is 10.2 Å². The summed E-state index contributed by atoms with van der Waals surface area (Å²) in [7, 11) is 0. The van der Waals surface area contributed by atoms with Crippen molar-refractivity contribution in [3.8, 4) is 5.75 Å². The lowest BCUT2D eigenvalue weighted by atomic mass is 10.2. The Bertz CT molecular complexity index is 976. The first kappa shape index (κ1) is 22.2. The van der Waals surface area contributed by atoms with Gasteiger partial charge in [0, 0.05) is 15.8 Å². The van der Waals surface area contributed by atoms with Crippen LogP contribution in [0.1, 0.15) is 16.7 Å². The van der Waals surface area contributed by atoms with Crippen LogP contribution in [-0.4, -0.2) is 17.9 Å². The van der Waals surface area contributed by atoms with Crippen molar-refractivity contribution in [3.63, 3.8) is 0 Å². The summed E-state index contributed by atoms with van der Waals surface area (Å²) in [5, 5.41) is 5.20. The number of hydrogen-bond acceptors (Lipinski definition) is 4. The monoisotopic (exact) mass is 458 g/mol. The third-order valence-electron chi connectivity index (χ3n) is 4.07. The number of thioether (sulfide) groups is 1. The van der Waals surface area contributed by atoms with Crippen LogP contribution >= 0.6 is 35.0 Å². The Morgan fingerprint density at radius 1 is 0.967 bits per heavy atom. The smallest absolute Gasteiger partial charge is 0.250 e. The summed E-state index contributed by atoms with van der Waals surface area (Å²) >= 11 is 13.7. The van der Waals surface area contributed by atoms with Crippen LogP contribution in [0, 0.1) is 0 Å². The van der Waals surface area contributed by atoms with Crippen LogP contribution in [0.15, 0.2) is 77.9 Å². The minimum absolute atomic E-state index is 0.192. The average Bonchev–Trinajstić information content (AvgIpc) is 2.76. The van der Waals surface area contributed by atoms with Crippen molar-refractivity contribution < 1.29 is 9.53 Å². The molecule has 0 aliphatic heterocycles. The fourth-order valence-electron chi connectivity index (χ4n) is 2.52. The van der Waals surface area contributed by atoms with Gasteiger partial charge in [-0.15, -0.1) is 11.8 Å². The highest BCUT2D eigenvalue weighted by atomic mass is 35.5. The van der Waals surface area contributed by atoms with E-state index >= 15 is 0 Å². The fraction of sp³-hybridized carbons (Fsp3) is 0.130. The molecule has 0 aliphatic carbocycles. The molecule has 4 nitrogen and oxygen atoms in total. The van der Waals surface area contributed by atoms with Crippen LogP contribution in [0.25, 0.3) is 0 Å². The SMILES string of the molecule is O=C(CSCc1c(Cl)cccc1Cl)N/N=C\c1ccc(OCc2ccccc2)cc1. The van der Waals surface area contributed by atoms with Gasteiger partial charge in [0.1, 0.15) is 12.4 Å². The van der Waals surface area contributed by atoms with Gasteiger partial charge >= 0.3 is 0 Å². The molecule has 0 heterocycles. The molecule has 7 heteroatoms. The van der Waals surface area contributed by atoms with Crippen LogP contribution in [-0.2, 0) is 17.2 Å². The maximum atomic E-state index is 11.9. The zero-order valence-electron chi connectivity index (χ0n) is 16.1. The fourth-order valence-corrected chi connectivity index (χ4v) is 4.07. The lowest BCUT2D eigenvalue weighted by Crippen LogP contribution is -2.19. The first-order chi connectivity index (χ1) is 14.6. The van der Waals surface area contributed by atoms with Gasteiger partial charge in [0.25, 0.3) is 0 Å². The zero-order chi connectivity index (χ0) is 21.2. The van der Waals surface area contributed by atoms with Gasteiger partial charge in [0.05, 0.1) is 12.0 Å². The van der Waals surface area contributed by atoms with Crippen LogP contribution in [0.2, 0.25) is 10.0 Å². The van der Waals surface area contributed by atoms with E-state index in [0.29, 0.717) is 22.4 Å². The second kappa shape index (κ2) is 11.6. The number of nitrogens with one attached hydrogen (secondary N) is 1. The van der Waals surface area contributed by atoms with Crippen molar-refractivity contribution in [1.82, 2.24) is 5.43 Å². The second-order valence-electron chi connectivity index (χ2n) is 6.33. The first-order valence-corrected chi connectivity index (χ1v) is 11.1. The topological polar surface area (TPSA) is 50.7 Å². The number of ether oxygens (including phenoxy) is 1. The van der Waals surface area contributed by atoms with Gasteiger partial charge in [-0.3, -0.25) is 4.79 Å². The summed E-state index contributed by atoms with van der Waals surface area (Å²) in [5.74, 6) is 1.39. The quantitative estimate of drug-likeness (QED) is 0.318. The van der Waals surface area contributed by atoms with Crippen molar-refractivity contribution in [2.24, 2.45) is 5.10 Å². The highest BCUT2D eigenvalue weighted by Gasteiger charge is 2.07. The molecule has 0 aliphatic rings. The van der Waals surface area contributed by atoms with Gasteiger partial charge in [0.15, 0.2) is 0 Å². The van der Waals surface area contributed by atoms with Crippen molar-refractivity contribution in [1.29, 1.82) is 0 Å². The van der Waals surface area contributed by atoms with E-state index in [2.05, 4.69) is 10.5 Å². The Balaban J connectivity index is 1.39. The Morgan fingerprint density at radius 2 is 1.67 bits per heavy atom. The standard InChI is InChI=1S/C23H20Cl2N2O2S/c24-21-7-4-8-22(25)20(21)15-30-16-23(28)27-26-13-17-9-11-19(12-10-17)29-14-18-5-2-1-3-6-18/h1-13H,14-16H2,(H,27,28)/b26-13-. The summed E-state index contributed by atoms with van der Waals surface area (Å²) in [4.78, 5) is 11.9. The minimum Gasteiger partial charge on any atom is -0.489 e. The van der Waals surface area contributed by atoms with Crippen LogP contribution in [0.5, 0.6) is 5.75 Å². The highest BCUT2D eigenvalue weighted by Crippen LogP contribution is 2.28. The zero-order valence-corrected chi connectivity index (χ0v) is 18.4. The largest absolute Gasteiger partial charge is 0.489 e. The summed E-state index contributed by atoms with van der Waals surface area (Å²) < 4.78 is 5.75. The van der Waals surface area contributed by atoms with E-state index in [1.807, 2.05) is 54.6 Å². The summed E-state index contributed by atoms with van der Waals surface area (Å²) in [6.07, 6.45) is 1.59. The normalized spacial score (nSPS) is 10.9. The summed E-state index contributed by atoms with van der Waals surface area (Å²) in [5.41, 5.74) is 5.32. The molecule has 3 rings (SSSR count). The maximum absolute atomic E-state index is 11.9. The molecule has 0 aromatic heterocycles. The minimum atomic E-state index is -0.192. The summed E-state index contributed by atoms with van der Waals surface area (Å²) in [6.45, 7) is 0.515. The van der Waals surface area contributed by atoms with Crippen molar-refractivity contribution in [2.75, 3.05) is 5.75 Å². The number of carbonyl (C=O) groups is 1. The van der Waals surface area contributed by atoms with Crippen LogP contribution in [0.3, 0.4) is 0 Å². The molecule has 3 aromatic rings. The number of rotatable bonds is 9. The van der Waals surface area contributed by atoms with Gasteiger partial charge < -0.3 is 4.74 Å². The molecule has 0 saturated heterocycles. The second-order valence-corrected chi connectivity index (χ2v) is 8.13. The predicted octanol–water partition coefficient (Wildman–Crippen LogP) is 5.96. The average molecular weight is 459 g/mol. The van der Waals surface area contributed by atoms with Gasteiger partial charge in [-0.2, -0.15) is 5.10 Å². The molecule has 3 aromatic carbocycles. The van der Waals surface area contributed by atoms with Gasteiger partial charge in [-0.25, -0.2) is 5.43 Å².